The largest absolute Gasteiger partial charge is 0.506 e. The Morgan fingerprint density at radius 2 is 2.10 bits per heavy atom. The molecule has 1 aliphatic carbocycles. The van der Waals surface area contributed by atoms with Crippen LogP contribution >= 0.6 is 0 Å². The van der Waals surface area contributed by atoms with Gasteiger partial charge in [0.1, 0.15) is 6.10 Å². The second-order valence-electron chi connectivity index (χ2n) is 5.50. The first-order chi connectivity index (χ1) is 9.27. The molecule has 1 amide bonds. The summed E-state index contributed by atoms with van der Waals surface area (Å²) in [4.78, 5) is 22.0. The van der Waals surface area contributed by atoms with Crippen molar-refractivity contribution in [2.75, 3.05) is 0 Å². The molecule has 6 atom stereocenters. The topological polar surface area (TPSA) is 122 Å². The van der Waals surface area contributed by atoms with Gasteiger partial charge in [0.25, 0.3) is 0 Å². The molecule has 7 nitrogen and oxygen atoms in total. The van der Waals surface area contributed by atoms with Gasteiger partial charge in [0.05, 0.1) is 6.10 Å². The Hall–Kier alpha value is -1.34. The molecular formula is C13H24N2O5. The van der Waals surface area contributed by atoms with Crippen molar-refractivity contribution in [3.63, 3.8) is 0 Å². The van der Waals surface area contributed by atoms with E-state index in [1.165, 1.54) is 6.92 Å². The summed E-state index contributed by atoms with van der Waals surface area (Å²) < 4.78 is 4.67. The quantitative estimate of drug-likeness (QED) is 0.540. The highest BCUT2D eigenvalue weighted by Crippen LogP contribution is 2.33. The zero-order valence-corrected chi connectivity index (χ0v) is 12.1. The summed E-state index contributed by atoms with van der Waals surface area (Å²) in [5.74, 6) is -0.497. The van der Waals surface area contributed by atoms with Crippen molar-refractivity contribution >= 4 is 12.1 Å². The highest BCUT2D eigenvalue weighted by molar-refractivity contribution is 5.73. The van der Waals surface area contributed by atoms with Gasteiger partial charge in [0, 0.05) is 31.3 Å². The Morgan fingerprint density at radius 1 is 1.50 bits per heavy atom. The summed E-state index contributed by atoms with van der Waals surface area (Å²) >= 11 is 0. The molecule has 0 saturated heterocycles. The molecular weight excluding hydrogens is 264 g/mol. The zero-order chi connectivity index (χ0) is 15.4. The van der Waals surface area contributed by atoms with E-state index in [0.717, 1.165) is 6.42 Å². The molecule has 0 bridgehead atoms. The third-order valence-corrected chi connectivity index (χ3v) is 4.07. The Labute approximate surface area is 118 Å². The van der Waals surface area contributed by atoms with Crippen LogP contribution in [0.15, 0.2) is 0 Å². The van der Waals surface area contributed by atoms with E-state index in [9.17, 15) is 14.7 Å². The summed E-state index contributed by atoms with van der Waals surface area (Å²) in [7, 11) is 0. The monoisotopic (exact) mass is 288 g/mol. The fourth-order valence-corrected chi connectivity index (χ4v) is 2.90. The molecule has 1 aliphatic rings. The molecule has 2 unspecified atom stereocenters. The maximum Gasteiger partial charge on any atom is 0.506 e. The van der Waals surface area contributed by atoms with E-state index >= 15 is 0 Å². The van der Waals surface area contributed by atoms with Crippen LogP contribution in [0.5, 0.6) is 0 Å². The van der Waals surface area contributed by atoms with Crippen LogP contribution in [0.2, 0.25) is 0 Å². The minimum Gasteiger partial charge on any atom is -0.450 e. The van der Waals surface area contributed by atoms with Crippen molar-refractivity contribution in [1.82, 2.24) is 5.32 Å². The minimum absolute atomic E-state index is 0.119. The van der Waals surface area contributed by atoms with Crippen molar-refractivity contribution in [1.29, 1.82) is 0 Å². The first-order valence-corrected chi connectivity index (χ1v) is 6.88. The molecule has 0 aromatic heterocycles. The fraction of sp³-hybridized carbons (Fsp3) is 0.846. The van der Waals surface area contributed by atoms with Crippen LogP contribution in [0.1, 0.15) is 33.6 Å². The third kappa shape index (κ3) is 3.83. The summed E-state index contributed by atoms with van der Waals surface area (Å²) in [5, 5.41) is 21.8. The minimum atomic E-state index is -1.43. The number of ether oxygens (including phenoxy) is 1. The van der Waals surface area contributed by atoms with E-state index in [1.807, 2.05) is 13.8 Å². The molecule has 0 aromatic carbocycles. The van der Waals surface area contributed by atoms with Crippen molar-refractivity contribution in [3.8, 4) is 0 Å². The molecule has 5 N–H and O–H groups in total. The lowest BCUT2D eigenvalue weighted by Crippen LogP contribution is -2.52. The predicted molar refractivity (Wildman–Crippen MR) is 72.0 cm³/mol. The predicted octanol–water partition coefficient (Wildman–Crippen LogP) is 0.309. The Balaban J connectivity index is 2.89. The maximum atomic E-state index is 11.3. The van der Waals surface area contributed by atoms with E-state index in [1.54, 1.807) is 0 Å². The average molecular weight is 288 g/mol. The second kappa shape index (κ2) is 6.90. The van der Waals surface area contributed by atoms with Crippen molar-refractivity contribution in [2.45, 2.75) is 57.9 Å². The van der Waals surface area contributed by atoms with Crippen molar-refractivity contribution in [2.24, 2.45) is 17.6 Å². The number of amides is 1. The molecule has 0 heterocycles. The van der Waals surface area contributed by atoms with E-state index in [2.05, 4.69) is 10.1 Å². The number of rotatable bonds is 5. The van der Waals surface area contributed by atoms with Gasteiger partial charge in [-0.2, -0.15) is 0 Å². The van der Waals surface area contributed by atoms with Crippen LogP contribution in [0, 0.1) is 11.8 Å². The summed E-state index contributed by atoms with van der Waals surface area (Å²) in [6.45, 7) is 5.36. The highest BCUT2D eigenvalue weighted by Gasteiger charge is 2.47. The van der Waals surface area contributed by atoms with E-state index in [-0.39, 0.29) is 24.3 Å². The number of aliphatic hydroxyl groups excluding tert-OH is 1. The molecule has 0 aromatic rings. The first kappa shape index (κ1) is 16.7. The number of nitrogens with one attached hydrogen (secondary N) is 1. The Bertz CT molecular complexity index is 363. The average Bonchev–Trinajstić information content (AvgIpc) is 2.60. The zero-order valence-electron chi connectivity index (χ0n) is 12.1. The van der Waals surface area contributed by atoms with Crippen LogP contribution in [-0.4, -0.2) is 46.6 Å². The number of carboxylic acid groups (broad SMARTS) is 1. The Morgan fingerprint density at radius 3 is 2.55 bits per heavy atom. The van der Waals surface area contributed by atoms with Gasteiger partial charge in [-0.25, -0.2) is 4.79 Å². The summed E-state index contributed by atoms with van der Waals surface area (Å²) in [5.41, 5.74) is 6.02. The van der Waals surface area contributed by atoms with Gasteiger partial charge < -0.3 is 26.0 Å². The molecule has 0 radical (unpaired) electrons. The molecule has 1 saturated carbocycles. The SMILES string of the molecule is CCC(C)C(NC(C)=O)[C@H]1[C@@H](O)[C@H](OC(=O)O)C[C@H]1N. The number of carbonyl (C=O) groups excluding carboxylic acids is 1. The summed E-state index contributed by atoms with van der Waals surface area (Å²) in [6, 6.07) is -0.718. The molecule has 20 heavy (non-hydrogen) atoms. The maximum absolute atomic E-state index is 11.3. The normalized spacial score (nSPS) is 32.5. The Kier molecular flexibility index (Phi) is 5.76. The second-order valence-corrected chi connectivity index (χ2v) is 5.50. The van der Waals surface area contributed by atoms with Crippen LogP contribution in [0.25, 0.3) is 0 Å². The fourth-order valence-electron chi connectivity index (χ4n) is 2.90. The molecule has 1 fully saturated rings. The lowest BCUT2D eigenvalue weighted by molar-refractivity contribution is -0.121. The van der Waals surface area contributed by atoms with Gasteiger partial charge in [-0.3, -0.25) is 4.79 Å². The lowest BCUT2D eigenvalue weighted by Gasteiger charge is -2.34. The number of carbonyl (C=O) groups is 2. The number of aliphatic hydroxyl groups is 1. The first-order valence-electron chi connectivity index (χ1n) is 6.88. The highest BCUT2D eigenvalue weighted by atomic mass is 16.7. The van der Waals surface area contributed by atoms with Gasteiger partial charge in [0.2, 0.25) is 5.91 Å². The molecule has 0 spiro atoms. The van der Waals surface area contributed by atoms with Gasteiger partial charge in [0.15, 0.2) is 0 Å². The van der Waals surface area contributed by atoms with E-state index in [0.29, 0.717) is 0 Å². The number of hydrogen-bond acceptors (Lipinski definition) is 5. The van der Waals surface area contributed by atoms with Crippen molar-refractivity contribution < 1.29 is 24.5 Å². The third-order valence-electron chi connectivity index (χ3n) is 4.07. The molecule has 7 heteroatoms. The smallest absolute Gasteiger partial charge is 0.450 e. The van der Waals surface area contributed by atoms with Gasteiger partial charge in [-0.05, 0) is 5.92 Å². The van der Waals surface area contributed by atoms with Crippen LogP contribution in [0.4, 0.5) is 4.79 Å². The van der Waals surface area contributed by atoms with E-state index in [4.69, 9.17) is 10.8 Å². The summed E-state index contributed by atoms with van der Waals surface area (Å²) in [6.07, 6.45) is -2.21. The number of hydrogen-bond donors (Lipinski definition) is 4. The van der Waals surface area contributed by atoms with E-state index < -0.39 is 30.3 Å². The molecule has 0 aliphatic heterocycles. The van der Waals surface area contributed by atoms with Crippen LogP contribution in [-0.2, 0) is 9.53 Å². The molecule has 1 rings (SSSR count). The lowest BCUT2D eigenvalue weighted by atomic mass is 9.83. The van der Waals surface area contributed by atoms with Gasteiger partial charge >= 0.3 is 6.16 Å². The van der Waals surface area contributed by atoms with Gasteiger partial charge in [-0.1, -0.05) is 20.3 Å². The standard InChI is InChI=1S/C13H24N2O5/c1-4-6(2)11(15-7(3)16)10-8(14)5-9(12(10)17)20-13(18)19/h6,8-12,17H,4-5,14H2,1-3H3,(H,15,16)(H,18,19)/t6?,8-,9-,10+,11?,12+/m1/s1. The molecule has 116 valence electrons. The van der Waals surface area contributed by atoms with Crippen molar-refractivity contribution in [3.05, 3.63) is 0 Å². The van der Waals surface area contributed by atoms with Gasteiger partial charge in [-0.15, -0.1) is 0 Å². The number of nitrogens with two attached hydrogens (primary N) is 1. The van der Waals surface area contributed by atoms with Crippen LogP contribution in [0.3, 0.4) is 0 Å². The van der Waals surface area contributed by atoms with Crippen LogP contribution < -0.4 is 11.1 Å².